The standard InChI is InChI=1S/C22H25N3O3S/c1-4-27-18-12-8-16(14-19(18)28-5-2)9-13-20(26)23-22-25-24-21(29-22)17-10-6-15(3)7-11-17/h6-8,10-12,14H,4-5,9,13H2,1-3H3,(H,23,25,26). The molecule has 0 aliphatic rings. The zero-order chi connectivity index (χ0) is 20.6. The van der Waals surface area contributed by atoms with Crippen molar-refractivity contribution in [3.8, 4) is 22.1 Å². The third-order valence-electron chi connectivity index (χ3n) is 4.22. The molecule has 0 aliphatic carbocycles. The van der Waals surface area contributed by atoms with Gasteiger partial charge in [-0.15, -0.1) is 10.2 Å². The molecule has 1 aromatic heterocycles. The van der Waals surface area contributed by atoms with E-state index in [1.165, 1.54) is 16.9 Å². The van der Waals surface area contributed by atoms with Gasteiger partial charge in [0.2, 0.25) is 11.0 Å². The number of anilines is 1. The van der Waals surface area contributed by atoms with E-state index >= 15 is 0 Å². The Balaban J connectivity index is 1.57. The van der Waals surface area contributed by atoms with Crippen molar-refractivity contribution >= 4 is 22.4 Å². The first kappa shape index (κ1) is 20.8. The van der Waals surface area contributed by atoms with Crippen LogP contribution in [0, 0.1) is 6.92 Å². The highest BCUT2D eigenvalue weighted by Crippen LogP contribution is 2.29. The number of amides is 1. The van der Waals surface area contributed by atoms with Crippen molar-refractivity contribution in [2.45, 2.75) is 33.6 Å². The summed E-state index contributed by atoms with van der Waals surface area (Å²) in [6.07, 6.45) is 0.945. The van der Waals surface area contributed by atoms with Gasteiger partial charge in [0.25, 0.3) is 0 Å². The quantitative estimate of drug-likeness (QED) is 0.543. The minimum absolute atomic E-state index is 0.0940. The highest BCUT2D eigenvalue weighted by molar-refractivity contribution is 7.18. The molecule has 152 valence electrons. The van der Waals surface area contributed by atoms with E-state index in [9.17, 15) is 4.79 Å². The van der Waals surface area contributed by atoms with Crippen molar-refractivity contribution < 1.29 is 14.3 Å². The molecule has 7 heteroatoms. The zero-order valence-electron chi connectivity index (χ0n) is 16.9. The van der Waals surface area contributed by atoms with Crippen LogP contribution in [0.3, 0.4) is 0 Å². The minimum Gasteiger partial charge on any atom is -0.490 e. The van der Waals surface area contributed by atoms with Crippen LogP contribution in [0.25, 0.3) is 10.6 Å². The van der Waals surface area contributed by atoms with Crippen LogP contribution in [0.4, 0.5) is 5.13 Å². The molecule has 0 spiro atoms. The van der Waals surface area contributed by atoms with Crippen LogP contribution >= 0.6 is 11.3 Å². The van der Waals surface area contributed by atoms with Gasteiger partial charge < -0.3 is 14.8 Å². The van der Waals surface area contributed by atoms with E-state index < -0.39 is 0 Å². The highest BCUT2D eigenvalue weighted by Gasteiger charge is 2.11. The minimum atomic E-state index is -0.0940. The van der Waals surface area contributed by atoms with Crippen LogP contribution in [0.2, 0.25) is 0 Å². The maximum atomic E-state index is 12.3. The van der Waals surface area contributed by atoms with Gasteiger partial charge in [-0.1, -0.05) is 47.2 Å². The average Bonchev–Trinajstić information content (AvgIpc) is 3.17. The number of ether oxygens (including phenoxy) is 2. The molecule has 0 saturated carbocycles. The van der Waals surface area contributed by atoms with Gasteiger partial charge >= 0.3 is 0 Å². The molecule has 1 amide bonds. The molecule has 1 N–H and O–H groups in total. The average molecular weight is 412 g/mol. The fourth-order valence-corrected chi connectivity index (χ4v) is 3.54. The summed E-state index contributed by atoms with van der Waals surface area (Å²) in [4.78, 5) is 12.3. The molecular weight excluding hydrogens is 386 g/mol. The summed E-state index contributed by atoms with van der Waals surface area (Å²) < 4.78 is 11.2. The van der Waals surface area contributed by atoms with Gasteiger partial charge in [0.15, 0.2) is 11.5 Å². The van der Waals surface area contributed by atoms with E-state index in [2.05, 4.69) is 15.5 Å². The van der Waals surface area contributed by atoms with Crippen molar-refractivity contribution in [1.29, 1.82) is 0 Å². The number of nitrogens with zero attached hydrogens (tertiary/aromatic N) is 2. The molecule has 3 rings (SSSR count). The van der Waals surface area contributed by atoms with Gasteiger partial charge in [0, 0.05) is 12.0 Å². The number of nitrogens with one attached hydrogen (secondary N) is 1. The number of aromatic nitrogens is 2. The van der Waals surface area contributed by atoms with Crippen molar-refractivity contribution in [2.75, 3.05) is 18.5 Å². The van der Waals surface area contributed by atoms with Crippen molar-refractivity contribution in [3.63, 3.8) is 0 Å². The van der Waals surface area contributed by atoms with Crippen molar-refractivity contribution in [1.82, 2.24) is 10.2 Å². The third-order valence-corrected chi connectivity index (χ3v) is 5.11. The Hall–Kier alpha value is -2.93. The van der Waals surface area contributed by atoms with Crippen LogP contribution in [0.5, 0.6) is 11.5 Å². The van der Waals surface area contributed by atoms with Crippen LogP contribution in [-0.2, 0) is 11.2 Å². The second kappa shape index (κ2) is 10.0. The molecule has 1 heterocycles. The molecular formula is C22H25N3O3S. The normalized spacial score (nSPS) is 10.6. The maximum Gasteiger partial charge on any atom is 0.226 e. The Kier molecular flexibility index (Phi) is 7.19. The predicted molar refractivity (Wildman–Crippen MR) is 116 cm³/mol. The van der Waals surface area contributed by atoms with Gasteiger partial charge in [0.05, 0.1) is 13.2 Å². The Morgan fingerprint density at radius 2 is 1.72 bits per heavy atom. The topological polar surface area (TPSA) is 73.3 Å². The van der Waals surface area contributed by atoms with E-state index in [1.807, 2.05) is 63.2 Å². The van der Waals surface area contributed by atoms with Gasteiger partial charge in [-0.3, -0.25) is 4.79 Å². The number of carbonyl (C=O) groups excluding carboxylic acids is 1. The summed E-state index contributed by atoms with van der Waals surface area (Å²) >= 11 is 1.37. The number of benzene rings is 2. The maximum absolute atomic E-state index is 12.3. The number of hydrogen-bond donors (Lipinski definition) is 1. The molecule has 0 radical (unpaired) electrons. The van der Waals surface area contributed by atoms with Gasteiger partial charge in [0.1, 0.15) is 5.01 Å². The highest BCUT2D eigenvalue weighted by atomic mass is 32.1. The monoisotopic (exact) mass is 411 g/mol. The van der Waals surface area contributed by atoms with Crippen LogP contribution in [0.15, 0.2) is 42.5 Å². The van der Waals surface area contributed by atoms with Crippen molar-refractivity contribution in [3.05, 3.63) is 53.6 Å². The summed E-state index contributed by atoms with van der Waals surface area (Å²) in [6.45, 7) is 7.05. The van der Waals surface area contributed by atoms with Gasteiger partial charge in [-0.2, -0.15) is 0 Å². The molecule has 3 aromatic rings. The molecule has 0 atom stereocenters. The Morgan fingerprint density at radius 1 is 1.00 bits per heavy atom. The number of rotatable bonds is 9. The molecule has 0 unspecified atom stereocenters. The van der Waals surface area contributed by atoms with E-state index in [0.717, 1.165) is 21.9 Å². The molecule has 0 saturated heterocycles. The lowest BCUT2D eigenvalue weighted by atomic mass is 10.1. The second-order valence-electron chi connectivity index (χ2n) is 6.47. The summed E-state index contributed by atoms with van der Waals surface area (Å²) in [6, 6.07) is 13.8. The molecule has 2 aromatic carbocycles. The fraction of sp³-hybridized carbons (Fsp3) is 0.318. The van der Waals surface area contributed by atoms with Crippen LogP contribution < -0.4 is 14.8 Å². The lowest BCUT2D eigenvalue weighted by molar-refractivity contribution is -0.116. The van der Waals surface area contributed by atoms with Gasteiger partial charge in [-0.05, 0) is 44.9 Å². The first-order chi connectivity index (χ1) is 14.1. The summed E-state index contributed by atoms with van der Waals surface area (Å²) in [7, 11) is 0. The van der Waals surface area contributed by atoms with E-state index in [4.69, 9.17) is 9.47 Å². The van der Waals surface area contributed by atoms with E-state index in [-0.39, 0.29) is 5.91 Å². The Bertz CT molecular complexity index is 954. The number of hydrogen-bond acceptors (Lipinski definition) is 6. The molecule has 29 heavy (non-hydrogen) atoms. The van der Waals surface area contributed by atoms with Crippen molar-refractivity contribution in [2.24, 2.45) is 0 Å². The van der Waals surface area contributed by atoms with E-state index in [1.54, 1.807) is 0 Å². The summed E-state index contributed by atoms with van der Waals surface area (Å²) in [5.41, 5.74) is 3.20. The zero-order valence-corrected chi connectivity index (χ0v) is 17.7. The third kappa shape index (κ3) is 5.77. The summed E-state index contributed by atoms with van der Waals surface area (Å²) in [5.74, 6) is 1.34. The summed E-state index contributed by atoms with van der Waals surface area (Å²) in [5, 5.41) is 12.4. The lowest BCUT2D eigenvalue weighted by Gasteiger charge is -2.12. The molecule has 0 bridgehead atoms. The largest absolute Gasteiger partial charge is 0.490 e. The van der Waals surface area contributed by atoms with E-state index in [0.29, 0.717) is 36.9 Å². The fourth-order valence-electron chi connectivity index (χ4n) is 2.78. The molecule has 0 aliphatic heterocycles. The molecule has 6 nitrogen and oxygen atoms in total. The number of carbonyl (C=O) groups is 1. The van der Waals surface area contributed by atoms with Crippen LogP contribution in [-0.4, -0.2) is 29.3 Å². The second-order valence-corrected chi connectivity index (χ2v) is 7.45. The number of aryl methyl sites for hydroxylation is 2. The predicted octanol–water partition coefficient (Wildman–Crippen LogP) is 4.88. The van der Waals surface area contributed by atoms with Gasteiger partial charge in [-0.25, -0.2) is 0 Å². The lowest BCUT2D eigenvalue weighted by Crippen LogP contribution is -2.12. The Morgan fingerprint density at radius 3 is 2.45 bits per heavy atom. The smallest absolute Gasteiger partial charge is 0.226 e. The first-order valence-corrected chi connectivity index (χ1v) is 10.5. The van der Waals surface area contributed by atoms with Crippen LogP contribution in [0.1, 0.15) is 31.4 Å². The Labute approximate surface area is 174 Å². The SMILES string of the molecule is CCOc1ccc(CCC(=O)Nc2nnc(-c3ccc(C)cc3)s2)cc1OCC. The molecule has 0 fully saturated rings. The first-order valence-electron chi connectivity index (χ1n) is 9.68.